The largest absolute Gasteiger partial charge is 0.444 e. The van der Waals surface area contributed by atoms with Crippen molar-refractivity contribution in [3.63, 3.8) is 0 Å². The van der Waals surface area contributed by atoms with Crippen LogP contribution in [0, 0.1) is 0 Å². The van der Waals surface area contributed by atoms with E-state index in [0.29, 0.717) is 18.7 Å². The maximum absolute atomic E-state index is 13.0. The molecule has 3 aromatic rings. The normalized spacial score (nSPS) is 16.5. The standard InChI is InChI=1S/C24H28N4O3/c1-24(2,3)31-23(30)27-14-13-20(16-27)26(4)22(29)17-9-11-19(12-10-17)28-15-18-7-5-6-8-21(18)25-28/h5-12,15,20H,13-14,16H2,1-4H3. The molecule has 1 aliphatic rings. The average molecular weight is 421 g/mol. The summed E-state index contributed by atoms with van der Waals surface area (Å²) >= 11 is 0. The Hall–Kier alpha value is -3.35. The Morgan fingerprint density at radius 1 is 1.10 bits per heavy atom. The molecule has 0 bridgehead atoms. The lowest BCUT2D eigenvalue weighted by molar-refractivity contribution is 0.0279. The molecule has 162 valence electrons. The highest BCUT2D eigenvalue weighted by Crippen LogP contribution is 2.21. The molecular formula is C24H28N4O3. The minimum atomic E-state index is -0.529. The smallest absolute Gasteiger partial charge is 0.410 e. The van der Waals surface area contributed by atoms with Gasteiger partial charge in [0.05, 0.1) is 17.2 Å². The molecular weight excluding hydrogens is 392 g/mol. The van der Waals surface area contributed by atoms with Crippen LogP contribution in [0.5, 0.6) is 0 Å². The van der Waals surface area contributed by atoms with Gasteiger partial charge in [0.2, 0.25) is 0 Å². The number of benzene rings is 2. The Balaban J connectivity index is 1.41. The SMILES string of the molecule is CN(C(=O)c1ccc(-n2cc3ccccc3n2)cc1)C1CCN(C(=O)OC(C)(C)C)C1. The first-order valence-corrected chi connectivity index (χ1v) is 10.5. The Morgan fingerprint density at radius 3 is 2.48 bits per heavy atom. The van der Waals surface area contributed by atoms with Crippen LogP contribution < -0.4 is 0 Å². The molecule has 0 spiro atoms. The summed E-state index contributed by atoms with van der Waals surface area (Å²) in [6.07, 6.45) is 2.38. The highest BCUT2D eigenvalue weighted by Gasteiger charge is 2.33. The van der Waals surface area contributed by atoms with E-state index in [9.17, 15) is 9.59 Å². The maximum Gasteiger partial charge on any atom is 0.410 e. The molecule has 0 N–H and O–H groups in total. The minimum Gasteiger partial charge on any atom is -0.444 e. The Kier molecular flexibility index (Phi) is 5.43. The van der Waals surface area contributed by atoms with Gasteiger partial charge < -0.3 is 14.5 Å². The number of nitrogens with zero attached hydrogens (tertiary/aromatic N) is 4. The third kappa shape index (κ3) is 4.55. The van der Waals surface area contributed by atoms with E-state index in [-0.39, 0.29) is 18.0 Å². The van der Waals surface area contributed by atoms with Crippen LogP contribution in [-0.2, 0) is 4.74 Å². The van der Waals surface area contributed by atoms with Crippen LogP contribution in [0.3, 0.4) is 0 Å². The molecule has 0 aliphatic carbocycles. The van der Waals surface area contributed by atoms with Gasteiger partial charge >= 0.3 is 6.09 Å². The molecule has 4 rings (SSSR count). The number of aromatic nitrogens is 2. The highest BCUT2D eigenvalue weighted by atomic mass is 16.6. The van der Waals surface area contributed by atoms with Gasteiger partial charge in [-0.05, 0) is 57.5 Å². The van der Waals surface area contributed by atoms with Crippen molar-refractivity contribution in [2.45, 2.75) is 38.8 Å². The van der Waals surface area contributed by atoms with Crippen molar-refractivity contribution in [3.8, 4) is 5.69 Å². The minimum absolute atomic E-state index is 0.0314. The topological polar surface area (TPSA) is 67.7 Å². The van der Waals surface area contributed by atoms with Gasteiger partial charge in [-0.25, -0.2) is 9.48 Å². The molecule has 1 fully saturated rings. The second kappa shape index (κ2) is 8.06. The molecule has 0 saturated carbocycles. The van der Waals surface area contributed by atoms with Crippen LogP contribution in [0.2, 0.25) is 0 Å². The molecule has 2 heterocycles. The number of likely N-dealkylation sites (N-methyl/N-ethyl adjacent to an activating group) is 1. The van der Waals surface area contributed by atoms with Crippen LogP contribution in [0.4, 0.5) is 4.79 Å². The second-order valence-electron chi connectivity index (χ2n) is 8.96. The highest BCUT2D eigenvalue weighted by molar-refractivity contribution is 5.94. The molecule has 1 aromatic heterocycles. The van der Waals surface area contributed by atoms with Gasteiger partial charge in [0, 0.05) is 37.3 Å². The van der Waals surface area contributed by atoms with E-state index in [0.717, 1.165) is 23.0 Å². The Morgan fingerprint density at radius 2 is 1.81 bits per heavy atom. The van der Waals surface area contributed by atoms with Crippen molar-refractivity contribution in [1.82, 2.24) is 19.6 Å². The fraction of sp³-hybridized carbons (Fsp3) is 0.375. The summed E-state index contributed by atoms with van der Waals surface area (Å²) in [5.74, 6) is -0.0618. The van der Waals surface area contributed by atoms with Crippen LogP contribution in [0.1, 0.15) is 37.6 Å². The summed E-state index contributed by atoms with van der Waals surface area (Å²) in [4.78, 5) is 28.7. The van der Waals surface area contributed by atoms with Crippen molar-refractivity contribution in [1.29, 1.82) is 0 Å². The van der Waals surface area contributed by atoms with Crippen molar-refractivity contribution in [2.75, 3.05) is 20.1 Å². The number of rotatable bonds is 3. The van der Waals surface area contributed by atoms with E-state index in [1.165, 1.54) is 0 Å². The summed E-state index contributed by atoms with van der Waals surface area (Å²) in [7, 11) is 1.79. The van der Waals surface area contributed by atoms with E-state index < -0.39 is 5.60 Å². The maximum atomic E-state index is 13.0. The number of hydrogen-bond acceptors (Lipinski definition) is 4. The lowest BCUT2D eigenvalue weighted by Gasteiger charge is -2.27. The van der Waals surface area contributed by atoms with E-state index in [1.807, 2.05) is 80.2 Å². The Labute approximate surface area is 182 Å². The number of ether oxygens (including phenoxy) is 1. The average Bonchev–Trinajstić information content (AvgIpc) is 3.39. The van der Waals surface area contributed by atoms with E-state index in [4.69, 9.17) is 4.74 Å². The summed E-state index contributed by atoms with van der Waals surface area (Å²) in [6, 6.07) is 15.3. The third-order valence-corrected chi connectivity index (χ3v) is 5.48. The Bertz CT molecular complexity index is 1060. The number of amides is 2. The molecule has 0 radical (unpaired) electrons. The molecule has 1 atom stereocenters. The molecule has 1 unspecified atom stereocenters. The molecule has 7 heteroatoms. The van der Waals surface area contributed by atoms with E-state index in [2.05, 4.69) is 5.10 Å². The lowest BCUT2D eigenvalue weighted by atomic mass is 10.1. The van der Waals surface area contributed by atoms with E-state index in [1.54, 1.807) is 16.8 Å². The van der Waals surface area contributed by atoms with Crippen LogP contribution >= 0.6 is 0 Å². The van der Waals surface area contributed by atoms with Gasteiger partial charge in [-0.2, -0.15) is 5.10 Å². The van der Waals surface area contributed by atoms with E-state index >= 15 is 0 Å². The first kappa shape index (κ1) is 20.9. The number of carbonyl (C=O) groups excluding carboxylic acids is 2. The lowest BCUT2D eigenvalue weighted by Crippen LogP contribution is -2.41. The molecule has 2 aromatic carbocycles. The number of likely N-dealkylation sites (tertiary alicyclic amines) is 1. The monoisotopic (exact) mass is 420 g/mol. The summed E-state index contributed by atoms with van der Waals surface area (Å²) in [6.45, 7) is 6.62. The fourth-order valence-corrected chi connectivity index (χ4v) is 3.77. The van der Waals surface area contributed by atoms with Crippen LogP contribution in [0.15, 0.2) is 54.7 Å². The molecule has 7 nitrogen and oxygen atoms in total. The number of carbonyl (C=O) groups is 2. The van der Waals surface area contributed by atoms with Gasteiger partial charge in [0.15, 0.2) is 0 Å². The molecule has 2 amide bonds. The first-order valence-electron chi connectivity index (χ1n) is 10.5. The number of fused-ring (bicyclic) bond motifs is 1. The quantitative estimate of drug-likeness (QED) is 0.640. The zero-order chi connectivity index (χ0) is 22.2. The predicted octanol–water partition coefficient (Wildman–Crippen LogP) is 4.11. The van der Waals surface area contributed by atoms with Crippen molar-refractivity contribution in [3.05, 3.63) is 60.3 Å². The third-order valence-electron chi connectivity index (χ3n) is 5.48. The molecule has 1 saturated heterocycles. The van der Waals surface area contributed by atoms with Gasteiger partial charge in [-0.15, -0.1) is 0 Å². The number of hydrogen-bond donors (Lipinski definition) is 0. The predicted molar refractivity (Wildman–Crippen MR) is 119 cm³/mol. The van der Waals surface area contributed by atoms with Crippen molar-refractivity contribution in [2.24, 2.45) is 0 Å². The fourth-order valence-electron chi connectivity index (χ4n) is 3.77. The van der Waals surface area contributed by atoms with Crippen molar-refractivity contribution < 1.29 is 14.3 Å². The summed E-state index contributed by atoms with van der Waals surface area (Å²) < 4.78 is 7.26. The van der Waals surface area contributed by atoms with Crippen LogP contribution in [0.25, 0.3) is 16.6 Å². The summed E-state index contributed by atoms with van der Waals surface area (Å²) in [5, 5.41) is 5.65. The second-order valence-corrected chi connectivity index (χ2v) is 8.96. The zero-order valence-electron chi connectivity index (χ0n) is 18.4. The molecule has 31 heavy (non-hydrogen) atoms. The van der Waals surface area contributed by atoms with Gasteiger partial charge in [0.1, 0.15) is 5.60 Å². The summed E-state index contributed by atoms with van der Waals surface area (Å²) in [5.41, 5.74) is 1.91. The van der Waals surface area contributed by atoms with Crippen LogP contribution in [-0.4, -0.2) is 63.4 Å². The first-order chi connectivity index (χ1) is 14.7. The van der Waals surface area contributed by atoms with Crippen molar-refractivity contribution >= 4 is 22.9 Å². The molecule has 1 aliphatic heterocycles. The van der Waals surface area contributed by atoms with Gasteiger partial charge in [-0.1, -0.05) is 18.2 Å². The van der Waals surface area contributed by atoms with Gasteiger partial charge in [-0.3, -0.25) is 4.79 Å². The van der Waals surface area contributed by atoms with Gasteiger partial charge in [0.25, 0.3) is 5.91 Å². The zero-order valence-corrected chi connectivity index (χ0v) is 18.4.